The van der Waals surface area contributed by atoms with Crippen LogP contribution in [0.1, 0.15) is 15.9 Å². The molecule has 0 N–H and O–H groups in total. The third-order valence-electron chi connectivity index (χ3n) is 3.13. The molecule has 0 spiro atoms. The van der Waals surface area contributed by atoms with Crippen molar-refractivity contribution in [1.29, 1.82) is 0 Å². The molecule has 20 heavy (non-hydrogen) atoms. The number of benzene rings is 2. The number of thiophene rings is 1. The zero-order valence-corrected chi connectivity index (χ0v) is 11.2. The highest BCUT2D eigenvalue weighted by molar-refractivity contribution is 7.17. The molecule has 3 aromatic rings. The summed E-state index contributed by atoms with van der Waals surface area (Å²) in [7, 11) is 0. The second-order valence-corrected chi connectivity index (χ2v) is 5.41. The first kappa shape index (κ1) is 12.9. The van der Waals surface area contributed by atoms with E-state index in [0.717, 1.165) is 22.2 Å². The summed E-state index contributed by atoms with van der Waals surface area (Å²) in [6.45, 7) is 0. The largest absolute Gasteiger partial charge is 0.294 e. The number of fused-ring (bicyclic) bond motifs is 1. The standard InChI is InChI=1S/C16H10F2OS/c17-13-5-4-10(8-14(13)18)9-15(19)12-3-1-2-11-6-7-20-16(11)12/h1-8H,9H2. The molecule has 1 heterocycles. The number of carbonyl (C=O) groups excluding carboxylic acids is 1. The summed E-state index contributed by atoms with van der Waals surface area (Å²) in [5, 5.41) is 2.95. The summed E-state index contributed by atoms with van der Waals surface area (Å²) in [4.78, 5) is 12.3. The highest BCUT2D eigenvalue weighted by Gasteiger charge is 2.13. The first-order chi connectivity index (χ1) is 9.65. The predicted molar refractivity (Wildman–Crippen MR) is 76.2 cm³/mol. The summed E-state index contributed by atoms with van der Waals surface area (Å²) in [6, 6.07) is 11.0. The lowest BCUT2D eigenvalue weighted by Gasteiger charge is -2.04. The normalized spacial score (nSPS) is 10.9. The number of ketones is 1. The molecule has 3 rings (SSSR count). The fraction of sp³-hybridized carbons (Fsp3) is 0.0625. The SMILES string of the molecule is O=C(Cc1ccc(F)c(F)c1)c1cccc2ccsc12. The Hall–Kier alpha value is -2.07. The van der Waals surface area contributed by atoms with Gasteiger partial charge in [0.2, 0.25) is 0 Å². The number of Topliss-reactive ketones (excluding diaryl/α,β-unsaturated/α-hetero) is 1. The molecule has 0 amide bonds. The Kier molecular flexibility index (Phi) is 3.32. The van der Waals surface area contributed by atoms with E-state index in [4.69, 9.17) is 0 Å². The molecule has 0 atom stereocenters. The van der Waals surface area contributed by atoms with E-state index in [1.54, 1.807) is 6.07 Å². The Morgan fingerprint density at radius 1 is 1.05 bits per heavy atom. The van der Waals surface area contributed by atoms with E-state index in [0.29, 0.717) is 11.1 Å². The van der Waals surface area contributed by atoms with Crippen LogP contribution in [0.3, 0.4) is 0 Å². The molecule has 2 aromatic carbocycles. The number of rotatable bonds is 3. The van der Waals surface area contributed by atoms with Crippen LogP contribution in [0.15, 0.2) is 47.8 Å². The van der Waals surface area contributed by atoms with Gasteiger partial charge in [0.05, 0.1) is 0 Å². The highest BCUT2D eigenvalue weighted by atomic mass is 32.1. The maximum atomic E-state index is 13.2. The van der Waals surface area contributed by atoms with Crippen LogP contribution in [0.25, 0.3) is 10.1 Å². The third-order valence-corrected chi connectivity index (χ3v) is 4.09. The first-order valence-corrected chi connectivity index (χ1v) is 6.96. The fourth-order valence-electron chi connectivity index (χ4n) is 2.14. The summed E-state index contributed by atoms with van der Waals surface area (Å²) < 4.78 is 26.9. The van der Waals surface area contributed by atoms with Crippen molar-refractivity contribution in [2.45, 2.75) is 6.42 Å². The molecule has 1 nitrogen and oxygen atoms in total. The maximum absolute atomic E-state index is 13.2. The zero-order chi connectivity index (χ0) is 14.1. The second kappa shape index (κ2) is 5.13. The monoisotopic (exact) mass is 288 g/mol. The van der Waals surface area contributed by atoms with Gasteiger partial charge in [-0.15, -0.1) is 11.3 Å². The van der Waals surface area contributed by atoms with Crippen molar-refractivity contribution < 1.29 is 13.6 Å². The molecular formula is C16H10F2OS. The lowest BCUT2D eigenvalue weighted by Crippen LogP contribution is -2.04. The van der Waals surface area contributed by atoms with Crippen molar-refractivity contribution in [2.75, 3.05) is 0 Å². The quantitative estimate of drug-likeness (QED) is 0.643. The molecular weight excluding hydrogens is 278 g/mol. The molecule has 0 saturated carbocycles. The van der Waals surface area contributed by atoms with Gasteiger partial charge in [-0.05, 0) is 40.6 Å². The number of carbonyl (C=O) groups is 1. The fourth-order valence-corrected chi connectivity index (χ4v) is 3.07. The minimum Gasteiger partial charge on any atom is -0.294 e. The minimum atomic E-state index is -0.926. The molecule has 0 unspecified atom stereocenters. The van der Waals surface area contributed by atoms with Gasteiger partial charge in [-0.2, -0.15) is 0 Å². The van der Waals surface area contributed by atoms with Crippen LogP contribution in [0.2, 0.25) is 0 Å². The van der Waals surface area contributed by atoms with Gasteiger partial charge >= 0.3 is 0 Å². The lowest BCUT2D eigenvalue weighted by atomic mass is 10.0. The van der Waals surface area contributed by atoms with Gasteiger partial charge in [0.15, 0.2) is 17.4 Å². The summed E-state index contributed by atoms with van der Waals surface area (Å²) >= 11 is 1.50. The molecule has 0 aliphatic heterocycles. The Balaban J connectivity index is 1.93. The predicted octanol–water partition coefficient (Wildman–Crippen LogP) is 4.60. The van der Waals surface area contributed by atoms with Gasteiger partial charge < -0.3 is 0 Å². The van der Waals surface area contributed by atoms with Crippen LogP contribution < -0.4 is 0 Å². The maximum Gasteiger partial charge on any atom is 0.168 e. The molecule has 0 aliphatic carbocycles. The van der Waals surface area contributed by atoms with Crippen LogP contribution in [-0.4, -0.2) is 5.78 Å². The highest BCUT2D eigenvalue weighted by Crippen LogP contribution is 2.25. The van der Waals surface area contributed by atoms with E-state index in [2.05, 4.69) is 0 Å². The van der Waals surface area contributed by atoms with E-state index >= 15 is 0 Å². The van der Waals surface area contributed by atoms with Gasteiger partial charge in [-0.1, -0.05) is 18.2 Å². The topological polar surface area (TPSA) is 17.1 Å². The Bertz CT molecular complexity index is 792. The summed E-state index contributed by atoms with van der Waals surface area (Å²) in [5.41, 5.74) is 1.10. The van der Waals surface area contributed by atoms with Crippen molar-refractivity contribution in [2.24, 2.45) is 0 Å². The Morgan fingerprint density at radius 2 is 1.90 bits per heavy atom. The molecule has 0 bridgehead atoms. The van der Waals surface area contributed by atoms with Gasteiger partial charge in [-0.3, -0.25) is 4.79 Å². The molecule has 100 valence electrons. The average Bonchev–Trinajstić information content (AvgIpc) is 2.91. The third kappa shape index (κ3) is 2.34. The Morgan fingerprint density at radius 3 is 2.70 bits per heavy atom. The molecule has 0 fully saturated rings. The van der Waals surface area contributed by atoms with E-state index in [1.807, 2.05) is 23.6 Å². The molecule has 1 aromatic heterocycles. The summed E-state index contributed by atoms with van der Waals surface area (Å²) in [5.74, 6) is -1.92. The lowest BCUT2D eigenvalue weighted by molar-refractivity contribution is 0.0994. The van der Waals surface area contributed by atoms with Crippen LogP contribution >= 0.6 is 11.3 Å². The molecule has 0 saturated heterocycles. The van der Waals surface area contributed by atoms with Crippen molar-refractivity contribution in [3.63, 3.8) is 0 Å². The summed E-state index contributed by atoms with van der Waals surface area (Å²) in [6.07, 6.45) is 0.0637. The number of hydrogen-bond donors (Lipinski definition) is 0. The molecule has 0 aliphatic rings. The van der Waals surface area contributed by atoms with Gasteiger partial charge in [0.25, 0.3) is 0 Å². The van der Waals surface area contributed by atoms with Crippen molar-refractivity contribution in [3.8, 4) is 0 Å². The smallest absolute Gasteiger partial charge is 0.168 e. The van der Waals surface area contributed by atoms with Gasteiger partial charge in [0, 0.05) is 16.7 Å². The van der Waals surface area contributed by atoms with E-state index in [1.165, 1.54) is 17.4 Å². The molecule has 4 heteroatoms. The zero-order valence-electron chi connectivity index (χ0n) is 10.4. The van der Waals surface area contributed by atoms with Crippen molar-refractivity contribution in [3.05, 3.63) is 70.6 Å². The van der Waals surface area contributed by atoms with Crippen LogP contribution in [0, 0.1) is 11.6 Å². The number of hydrogen-bond acceptors (Lipinski definition) is 2. The van der Waals surface area contributed by atoms with E-state index < -0.39 is 11.6 Å². The van der Waals surface area contributed by atoms with Crippen molar-refractivity contribution in [1.82, 2.24) is 0 Å². The average molecular weight is 288 g/mol. The van der Waals surface area contributed by atoms with Crippen LogP contribution in [0.4, 0.5) is 8.78 Å². The molecule has 0 radical (unpaired) electrons. The minimum absolute atomic E-state index is 0.0637. The number of halogens is 2. The van der Waals surface area contributed by atoms with E-state index in [-0.39, 0.29) is 12.2 Å². The van der Waals surface area contributed by atoms with Crippen LogP contribution in [-0.2, 0) is 6.42 Å². The van der Waals surface area contributed by atoms with Crippen LogP contribution in [0.5, 0.6) is 0 Å². The Labute approximate surface area is 118 Å². The van der Waals surface area contributed by atoms with E-state index in [9.17, 15) is 13.6 Å². The van der Waals surface area contributed by atoms with Gasteiger partial charge in [-0.25, -0.2) is 8.78 Å². The van der Waals surface area contributed by atoms with Gasteiger partial charge in [0.1, 0.15) is 0 Å². The second-order valence-electron chi connectivity index (χ2n) is 4.49. The van der Waals surface area contributed by atoms with Crippen molar-refractivity contribution >= 4 is 27.2 Å². The first-order valence-electron chi connectivity index (χ1n) is 6.08.